The van der Waals surface area contributed by atoms with E-state index in [0.29, 0.717) is 37.6 Å². The van der Waals surface area contributed by atoms with E-state index in [1.165, 1.54) is 21.8 Å². The summed E-state index contributed by atoms with van der Waals surface area (Å²) in [6, 6.07) is 14.9. The van der Waals surface area contributed by atoms with Crippen molar-refractivity contribution in [2.45, 2.75) is 11.4 Å². The zero-order chi connectivity index (χ0) is 20.7. The molecule has 1 saturated heterocycles. The van der Waals surface area contributed by atoms with Crippen LogP contribution in [0, 0.1) is 0 Å². The first kappa shape index (κ1) is 19.1. The van der Waals surface area contributed by atoms with Crippen molar-refractivity contribution < 1.29 is 17.9 Å². The van der Waals surface area contributed by atoms with E-state index < -0.39 is 10.0 Å². The molecule has 0 spiro atoms. The molecule has 0 unspecified atom stereocenters. The number of H-pyrrole nitrogens is 1. The summed E-state index contributed by atoms with van der Waals surface area (Å²) in [6.07, 6.45) is 0. The van der Waals surface area contributed by atoms with E-state index in [4.69, 9.17) is 4.74 Å². The molecule has 1 amide bonds. The fourth-order valence-electron chi connectivity index (χ4n) is 3.96. The van der Waals surface area contributed by atoms with Crippen molar-refractivity contribution >= 4 is 32.5 Å². The number of ether oxygens (including phenoxy) is 1. The molecule has 3 heterocycles. The summed E-state index contributed by atoms with van der Waals surface area (Å²) in [5, 5.41) is 3.84. The normalized spacial score (nSPS) is 18.1. The number of anilines is 1. The maximum atomic E-state index is 13.1. The Bertz CT molecular complexity index is 1180. The van der Waals surface area contributed by atoms with Crippen LogP contribution in [0.3, 0.4) is 0 Å². The number of amides is 1. The third kappa shape index (κ3) is 3.55. The molecule has 0 bridgehead atoms. The number of carbonyl (C=O) groups is 1. The van der Waals surface area contributed by atoms with Crippen molar-refractivity contribution in [3.63, 3.8) is 0 Å². The topological polar surface area (TPSA) is 94.7 Å². The minimum Gasteiger partial charge on any atom is -0.482 e. The van der Waals surface area contributed by atoms with Crippen LogP contribution in [0.25, 0.3) is 10.9 Å². The smallest absolute Gasteiger partial charge is 0.262 e. The minimum atomic E-state index is -3.64. The highest BCUT2D eigenvalue weighted by atomic mass is 32.2. The van der Waals surface area contributed by atoms with Crippen LogP contribution in [-0.2, 0) is 21.4 Å². The molecule has 0 atom stereocenters. The van der Waals surface area contributed by atoms with E-state index in [1.54, 1.807) is 6.07 Å². The number of aromatic nitrogens is 1. The Kier molecular flexibility index (Phi) is 4.73. The average molecular weight is 426 g/mol. The lowest BCUT2D eigenvalue weighted by atomic mass is 10.2. The molecule has 0 aliphatic carbocycles. The highest BCUT2D eigenvalue weighted by Gasteiger charge is 2.30. The zero-order valence-electron chi connectivity index (χ0n) is 16.3. The van der Waals surface area contributed by atoms with Crippen molar-refractivity contribution in [3.05, 3.63) is 54.2 Å². The Morgan fingerprint density at radius 3 is 2.60 bits per heavy atom. The van der Waals surface area contributed by atoms with Crippen LogP contribution >= 0.6 is 0 Å². The van der Waals surface area contributed by atoms with E-state index in [1.807, 2.05) is 12.1 Å². The molecule has 1 aromatic heterocycles. The van der Waals surface area contributed by atoms with Gasteiger partial charge in [0, 0.05) is 43.9 Å². The van der Waals surface area contributed by atoms with E-state index in [2.05, 4.69) is 33.4 Å². The highest BCUT2D eigenvalue weighted by Crippen LogP contribution is 2.31. The number of piperazine rings is 1. The number of fused-ring (bicyclic) bond motifs is 2. The van der Waals surface area contributed by atoms with E-state index in [-0.39, 0.29) is 17.4 Å². The third-order valence-corrected chi connectivity index (χ3v) is 7.43. The van der Waals surface area contributed by atoms with Gasteiger partial charge in [0.1, 0.15) is 5.75 Å². The summed E-state index contributed by atoms with van der Waals surface area (Å²) in [4.78, 5) is 17.4. The number of sulfonamides is 1. The first-order valence-corrected chi connectivity index (χ1v) is 11.3. The van der Waals surface area contributed by atoms with Gasteiger partial charge in [-0.25, -0.2) is 8.42 Å². The molecule has 156 valence electrons. The molecule has 0 saturated carbocycles. The number of carbonyl (C=O) groups excluding carboxylic acids is 1. The van der Waals surface area contributed by atoms with Crippen molar-refractivity contribution in [1.82, 2.24) is 14.2 Å². The van der Waals surface area contributed by atoms with Gasteiger partial charge in [-0.05, 0) is 35.7 Å². The quantitative estimate of drug-likeness (QED) is 0.666. The molecule has 2 aliphatic rings. The number of rotatable bonds is 4. The summed E-state index contributed by atoms with van der Waals surface area (Å²) >= 11 is 0. The Morgan fingerprint density at radius 1 is 1.00 bits per heavy atom. The highest BCUT2D eigenvalue weighted by molar-refractivity contribution is 7.89. The van der Waals surface area contributed by atoms with Gasteiger partial charge in [-0.3, -0.25) is 9.69 Å². The molecule has 2 N–H and O–H groups in total. The summed E-state index contributed by atoms with van der Waals surface area (Å²) < 4.78 is 33.0. The van der Waals surface area contributed by atoms with E-state index in [0.717, 1.165) is 17.8 Å². The van der Waals surface area contributed by atoms with Crippen LogP contribution < -0.4 is 10.1 Å². The number of benzene rings is 2. The largest absolute Gasteiger partial charge is 0.482 e. The van der Waals surface area contributed by atoms with Crippen LogP contribution in [0.2, 0.25) is 0 Å². The lowest BCUT2D eigenvalue weighted by molar-refractivity contribution is -0.118. The van der Waals surface area contributed by atoms with E-state index in [9.17, 15) is 13.2 Å². The van der Waals surface area contributed by atoms with Crippen LogP contribution in [0.5, 0.6) is 5.75 Å². The van der Waals surface area contributed by atoms with Gasteiger partial charge in [-0.2, -0.15) is 4.31 Å². The van der Waals surface area contributed by atoms with Gasteiger partial charge in [0.05, 0.1) is 10.6 Å². The first-order valence-electron chi connectivity index (χ1n) is 9.85. The fraction of sp³-hybridized carbons (Fsp3) is 0.286. The average Bonchev–Trinajstić information content (AvgIpc) is 3.16. The Balaban J connectivity index is 1.26. The van der Waals surface area contributed by atoms with Gasteiger partial charge in [-0.15, -0.1) is 0 Å². The molecule has 3 aromatic rings. The van der Waals surface area contributed by atoms with Gasteiger partial charge in [-0.1, -0.05) is 18.2 Å². The van der Waals surface area contributed by atoms with Gasteiger partial charge in [0.2, 0.25) is 10.0 Å². The number of nitrogens with zero attached hydrogens (tertiary/aromatic N) is 2. The Labute approximate surface area is 174 Å². The Morgan fingerprint density at radius 2 is 1.80 bits per heavy atom. The van der Waals surface area contributed by atoms with E-state index >= 15 is 0 Å². The van der Waals surface area contributed by atoms with Crippen molar-refractivity contribution in [2.24, 2.45) is 0 Å². The van der Waals surface area contributed by atoms with Crippen LogP contribution in [0.4, 0.5) is 5.69 Å². The predicted octanol–water partition coefficient (Wildman–Crippen LogP) is 2.01. The molecular weight excluding hydrogens is 404 g/mol. The molecule has 1 fully saturated rings. The molecule has 0 radical (unpaired) electrons. The van der Waals surface area contributed by atoms with Gasteiger partial charge in [0.15, 0.2) is 6.61 Å². The third-order valence-electron chi connectivity index (χ3n) is 5.53. The standard InChI is InChI=1S/C21H22N4O4S/c26-21-14-29-20-6-5-17(12-19(20)23-21)30(27,28)25-9-7-24(8-10-25)13-16-11-15-3-1-2-4-18(15)22-16/h1-6,11-12,22H,7-10,13-14H2,(H,23,26). The zero-order valence-corrected chi connectivity index (χ0v) is 17.1. The maximum Gasteiger partial charge on any atom is 0.262 e. The number of hydrogen-bond donors (Lipinski definition) is 2. The second kappa shape index (κ2) is 7.42. The molecule has 9 heteroatoms. The molecule has 5 rings (SSSR count). The monoisotopic (exact) mass is 426 g/mol. The number of para-hydroxylation sites is 1. The van der Waals surface area contributed by atoms with Crippen molar-refractivity contribution in [3.8, 4) is 5.75 Å². The molecule has 2 aliphatic heterocycles. The van der Waals surface area contributed by atoms with Crippen molar-refractivity contribution in [1.29, 1.82) is 0 Å². The van der Waals surface area contributed by atoms with Crippen molar-refractivity contribution in [2.75, 3.05) is 38.1 Å². The molecular formula is C21H22N4O4S. The molecule has 2 aromatic carbocycles. The lowest BCUT2D eigenvalue weighted by Crippen LogP contribution is -2.48. The van der Waals surface area contributed by atoms with Gasteiger partial charge >= 0.3 is 0 Å². The predicted molar refractivity (Wildman–Crippen MR) is 113 cm³/mol. The van der Waals surface area contributed by atoms with Crippen LogP contribution in [0.15, 0.2) is 53.4 Å². The van der Waals surface area contributed by atoms with Gasteiger partial charge < -0.3 is 15.0 Å². The van der Waals surface area contributed by atoms with Crippen LogP contribution in [0.1, 0.15) is 5.69 Å². The minimum absolute atomic E-state index is 0.0581. The number of aromatic amines is 1. The number of nitrogens with one attached hydrogen (secondary N) is 2. The first-order chi connectivity index (χ1) is 14.5. The summed E-state index contributed by atoms with van der Waals surface area (Å²) in [7, 11) is -3.64. The summed E-state index contributed by atoms with van der Waals surface area (Å²) in [5.74, 6) is 0.194. The number of hydrogen-bond acceptors (Lipinski definition) is 5. The molecule has 8 nitrogen and oxygen atoms in total. The fourth-order valence-corrected chi connectivity index (χ4v) is 5.41. The van der Waals surface area contributed by atoms with Crippen LogP contribution in [-0.4, -0.2) is 61.3 Å². The SMILES string of the molecule is O=C1COc2ccc(S(=O)(=O)N3CCN(Cc4cc5ccccc5[nH]4)CC3)cc2N1. The second-order valence-corrected chi connectivity index (χ2v) is 9.49. The lowest BCUT2D eigenvalue weighted by Gasteiger charge is -2.33. The summed E-state index contributed by atoms with van der Waals surface area (Å²) in [5.41, 5.74) is 2.62. The Hall–Kier alpha value is -2.88. The maximum absolute atomic E-state index is 13.1. The molecule has 30 heavy (non-hydrogen) atoms. The van der Waals surface area contributed by atoms with Gasteiger partial charge in [0.25, 0.3) is 5.91 Å². The second-order valence-electron chi connectivity index (χ2n) is 7.56. The summed E-state index contributed by atoms with van der Waals surface area (Å²) in [6.45, 7) is 2.84.